The zero-order valence-electron chi connectivity index (χ0n) is 27.6. The van der Waals surface area contributed by atoms with Gasteiger partial charge >= 0.3 is 0 Å². The molecule has 0 fully saturated rings. The third-order valence-corrected chi connectivity index (χ3v) is 19.1. The fourth-order valence-electron chi connectivity index (χ4n) is 7.48. The standard InChI is InChI=1S/C41H30O6S4Si/c1-3-13-30-29(26(2)50(42,43)44)18-10-20-32(30)35-24-38-40(48-35)41-39(52(38,27-14-6-4-7-15-27)28-16-8-5-9-17-28)25-36(49-41)33-21-11-22-34-31(33)19-12-23-37(34)51(45,46)47/h3-25H,2H2,1H3,(H,42,43,44)(H,45,46,47)/b13-3-. The highest BCUT2D eigenvalue weighted by Crippen LogP contribution is 2.46. The minimum atomic E-state index is -4.54. The summed E-state index contributed by atoms with van der Waals surface area (Å²) in [4.78, 5) is 3.71. The third kappa shape index (κ3) is 5.39. The molecule has 7 aromatic rings. The van der Waals surface area contributed by atoms with E-state index in [0.717, 1.165) is 36.0 Å². The van der Waals surface area contributed by atoms with Crippen molar-refractivity contribution in [3.63, 3.8) is 0 Å². The van der Waals surface area contributed by atoms with Gasteiger partial charge in [0, 0.05) is 30.5 Å². The highest BCUT2D eigenvalue weighted by molar-refractivity contribution is 7.95. The molecule has 0 saturated heterocycles. The maximum Gasteiger partial charge on any atom is 0.295 e. The first-order valence-electron chi connectivity index (χ1n) is 16.3. The van der Waals surface area contributed by atoms with Gasteiger partial charge in [0.2, 0.25) is 0 Å². The minimum absolute atomic E-state index is 0.130. The van der Waals surface area contributed by atoms with Crippen LogP contribution >= 0.6 is 22.7 Å². The van der Waals surface area contributed by atoms with Crippen molar-refractivity contribution >= 4 is 93.5 Å². The van der Waals surface area contributed by atoms with Crippen molar-refractivity contribution in [2.75, 3.05) is 0 Å². The summed E-state index contributed by atoms with van der Waals surface area (Å²) in [5, 5.41) is 6.07. The summed E-state index contributed by atoms with van der Waals surface area (Å²) in [6.07, 6.45) is 3.69. The van der Waals surface area contributed by atoms with Crippen LogP contribution in [0.25, 0.3) is 52.4 Å². The van der Waals surface area contributed by atoms with Gasteiger partial charge in [-0.25, -0.2) is 0 Å². The van der Waals surface area contributed by atoms with Crippen LogP contribution in [0.3, 0.4) is 0 Å². The Balaban J connectivity index is 1.44. The van der Waals surface area contributed by atoms with Gasteiger partial charge in [-0.05, 0) is 67.9 Å². The van der Waals surface area contributed by atoms with Gasteiger partial charge < -0.3 is 0 Å². The molecule has 52 heavy (non-hydrogen) atoms. The lowest BCUT2D eigenvalue weighted by Crippen LogP contribution is -2.72. The Morgan fingerprint density at radius 2 is 1.17 bits per heavy atom. The number of allylic oxidation sites excluding steroid dienone is 1. The molecule has 0 atom stereocenters. The monoisotopic (exact) mass is 774 g/mol. The molecule has 11 heteroatoms. The molecule has 5 aromatic carbocycles. The Kier molecular flexibility index (Phi) is 8.42. The van der Waals surface area contributed by atoms with Crippen LogP contribution in [0.1, 0.15) is 18.1 Å². The summed E-state index contributed by atoms with van der Waals surface area (Å²) in [6.45, 7) is 5.58. The van der Waals surface area contributed by atoms with E-state index in [1.54, 1.807) is 46.9 Å². The van der Waals surface area contributed by atoms with Gasteiger partial charge in [-0.1, -0.05) is 128 Å². The van der Waals surface area contributed by atoms with Gasteiger partial charge in [0.25, 0.3) is 20.2 Å². The SMILES string of the molecule is C=C(c1cccc(-c2cc3c(s2)-c2sc(-c4cccc5c(S(=O)(=O)O)cccc45)cc2[Si]3(c2ccccc2)c2ccccc2)c1/C=C\C)S(=O)(=O)O. The first kappa shape index (κ1) is 34.4. The number of hydrogen-bond acceptors (Lipinski definition) is 6. The first-order chi connectivity index (χ1) is 24.9. The van der Waals surface area contributed by atoms with Crippen molar-refractivity contribution in [1.29, 1.82) is 0 Å². The predicted octanol–water partition coefficient (Wildman–Crippen LogP) is 7.79. The topological polar surface area (TPSA) is 109 Å². The molecule has 1 aliphatic heterocycles. The lowest BCUT2D eigenvalue weighted by Gasteiger charge is -2.30. The summed E-state index contributed by atoms with van der Waals surface area (Å²) < 4.78 is 69.2. The minimum Gasteiger partial charge on any atom is -0.282 e. The van der Waals surface area contributed by atoms with Crippen LogP contribution in [-0.2, 0) is 20.2 Å². The molecular formula is C41H30O6S4Si. The average molecular weight is 775 g/mol. The highest BCUT2D eigenvalue weighted by Gasteiger charge is 2.51. The summed E-state index contributed by atoms with van der Waals surface area (Å²) in [6, 6.07) is 41.5. The fraction of sp³-hybridized carbons (Fsp3) is 0.0244. The Hall–Kier alpha value is -4.72. The molecule has 0 amide bonds. The zero-order chi connectivity index (χ0) is 36.4. The number of rotatable bonds is 8. The molecule has 258 valence electrons. The Bertz CT molecular complexity index is 2780. The van der Waals surface area contributed by atoms with E-state index in [0.29, 0.717) is 16.5 Å². The Morgan fingerprint density at radius 3 is 1.73 bits per heavy atom. The second-order valence-corrected chi connectivity index (χ2v) is 21.2. The molecule has 8 rings (SSSR count). The van der Waals surface area contributed by atoms with Crippen LogP contribution in [0.15, 0.2) is 145 Å². The average Bonchev–Trinajstić information content (AvgIpc) is 3.83. The molecule has 0 spiro atoms. The van der Waals surface area contributed by atoms with Crippen LogP contribution in [0, 0.1) is 0 Å². The van der Waals surface area contributed by atoms with Crippen molar-refractivity contribution in [2.24, 2.45) is 0 Å². The zero-order valence-corrected chi connectivity index (χ0v) is 31.9. The van der Waals surface area contributed by atoms with E-state index in [1.807, 2.05) is 55.5 Å². The molecule has 0 unspecified atom stereocenters. The van der Waals surface area contributed by atoms with E-state index in [4.69, 9.17) is 0 Å². The maximum absolute atomic E-state index is 12.3. The summed E-state index contributed by atoms with van der Waals surface area (Å²) in [5.41, 5.74) is 2.68. The smallest absolute Gasteiger partial charge is 0.282 e. The van der Waals surface area contributed by atoms with E-state index in [9.17, 15) is 25.9 Å². The normalized spacial score (nSPS) is 13.8. The van der Waals surface area contributed by atoms with E-state index >= 15 is 0 Å². The molecule has 2 N–H and O–H groups in total. The quantitative estimate of drug-likeness (QED) is 0.121. The number of benzene rings is 5. The molecule has 0 radical (unpaired) electrons. The second-order valence-electron chi connectivity index (χ2n) is 12.5. The van der Waals surface area contributed by atoms with Gasteiger partial charge in [0.05, 0.1) is 4.91 Å². The lowest BCUT2D eigenvalue weighted by atomic mass is 9.99. The molecule has 0 bridgehead atoms. The molecule has 3 heterocycles. The van der Waals surface area contributed by atoms with Crippen LogP contribution in [0.5, 0.6) is 0 Å². The van der Waals surface area contributed by atoms with Gasteiger partial charge in [0.15, 0.2) is 8.07 Å². The number of fused-ring (bicyclic) bond motifs is 4. The molecule has 2 aromatic heterocycles. The molecule has 0 saturated carbocycles. The molecule has 6 nitrogen and oxygen atoms in total. The van der Waals surface area contributed by atoms with Gasteiger partial charge in [0.1, 0.15) is 4.90 Å². The Morgan fingerprint density at radius 1 is 0.654 bits per heavy atom. The van der Waals surface area contributed by atoms with Crippen molar-refractivity contribution in [1.82, 2.24) is 0 Å². The third-order valence-electron chi connectivity index (χ3n) is 9.63. The molecular weight excluding hydrogens is 745 g/mol. The number of thiophene rings is 2. The summed E-state index contributed by atoms with van der Waals surface area (Å²) in [5.74, 6) is 0. The van der Waals surface area contributed by atoms with E-state index < -0.39 is 28.3 Å². The van der Waals surface area contributed by atoms with Crippen molar-refractivity contribution in [3.05, 3.63) is 151 Å². The first-order valence-corrected chi connectivity index (χ1v) is 22.8. The van der Waals surface area contributed by atoms with E-state index in [-0.39, 0.29) is 9.80 Å². The van der Waals surface area contributed by atoms with Crippen molar-refractivity contribution in [2.45, 2.75) is 11.8 Å². The van der Waals surface area contributed by atoms with Crippen LogP contribution in [0.4, 0.5) is 0 Å². The maximum atomic E-state index is 12.3. The van der Waals surface area contributed by atoms with Gasteiger partial charge in [-0.2, -0.15) is 16.8 Å². The van der Waals surface area contributed by atoms with Crippen molar-refractivity contribution < 1.29 is 25.9 Å². The number of hydrogen-bond donors (Lipinski definition) is 2. The van der Waals surface area contributed by atoms with Crippen LogP contribution in [-0.4, -0.2) is 34.0 Å². The molecule has 1 aliphatic rings. The van der Waals surface area contributed by atoms with Gasteiger partial charge in [-0.3, -0.25) is 9.11 Å². The van der Waals surface area contributed by atoms with Gasteiger partial charge in [-0.15, -0.1) is 22.7 Å². The Labute approximate surface area is 311 Å². The van der Waals surface area contributed by atoms with E-state index in [2.05, 4.69) is 67.2 Å². The summed E-state index contributed by atoms with van der Waals surface area (Å²) >= 11 is 3.32. The fourth-order valence-corrected chi connectivity index (χ4v) is 17.5. The highest BCUT2D eigenvalue weighted by atomic mass is 32.2. The molecule has 0 aliphatic carbocycles. The largest absolute Gasteiger partial charge is 0.295 e. The van der Waals surface area contributed by atoms with Crippen molar-refractivity contribution in [3.8, 4) is 30.6 Å². The summed E-state index contributed by atoms with van der Waals surface area (Å²) in [7, 11) is -11.9. The second kappa shape index (κ2) is 12.7. The van der Waals surface area contributed by atoms with Crippen LogP contribution in [0.2, 0.25) is 0 Å². The lowest BCUT2D eigenvalue weighted by molar-refractivity contribution is 0.484. The van der Waals surface area contributed by atoms with Crippen LogP contribution < -0.4 is 20.7 Å². The predicted molar refractivity (Wildman–Crippen MR) is 218 cm³/mol. The van der Waals surface area contributed by atoms with E-state index in [1.165, 1.54) is 26.8 Å².